The number of nitrogens with zero attached hydrogens (tertiary/aromatic N) is 1. The molecule has 3 aromatic carbocycles. The molecule has 2 atom stereocenters. The van der Waals surface area contributed by atoms with Crippen molar-refractivity contribution in [2.45, 2.75) is 31.7 Å². The van der Waals surface area contributed by atoms with E-state index in [2.05, 4.69) is 15.6 Å². The molecule has 1 aromatic heterocycles. The monoisotopic (exact) mass is 469 g/mol. The third kappa shape index (κ3) is 6.20. The Morgan fingerprint density at radius 1 is 0.886 bits per heavy atom. The van der Waals surface area contributed by atoms with E-state index in [0.29, 0.717) is 23.9 Å². The number of hydrogen-bond acceptors (Lipinski definition) is 5. The zero-order chi connectivity index (χ0) is 24.6. The minimum Gasteiger partial charge on any atom is -0.434 e. The molecule has 0 spiro atoms. The highest BCUT2D eigenvalue weighted by Gasteiger charge is 2.27. The molecule has 0 aliphatic carbocycles. The molecule has 0 radical (unpaired) electrons. The van der Waals surface area contributed by atoms with Crippen molar-refractivity contribution in [1.29, 1.82) is 0 Å². The fourth-order valence-corrected chi connectivity index (χ4v) is 4.03. The Morgan fingerprint density at radius 2 is 1.54 bits per heavy atom. The van der Waals surface area contributed by atoms with E-state index in [0.717, 1.165) is 11.1 Å². The topological polar surface area (TPSA) is 101 Å². The number of fused-ring (bicyclic) bond motifs is 1. The minimum absolute atomic E-state index is 0.0478. The lowest BCUT2D eigenvalue weighted by Gasteiger charge is -2.19. The first kappa shape index (κ1) is 23.9. The first-order valence-corrected chi connectivity index (χ1v) is 11.5. The third-order valence-electron chi connectivity index (χ3n) is 5.73. The summed E-state index contributed by atoms with van der Waals surface area (Å²) < 4.78 is 5.71. The number of carbonyl (C=O) groups is 3. The quantitative estimate of drug-likeness (QED) is 0.341. The van der Waals surface area contributed by atoms with Gasteiger partial charge in [-0.3, -0.25) is 14.4 Å². The van der Waals surface area contributed by atoms with E-state index >= 15 is 0 Å². The van der Waals surface area contributed by atoms with Crippen LogP contribution < -0.4 is 10.6 Å². The second kappa shape index (κ2) is 11.2. The second-order valence-electron chi connectivity index (χ2n) is 8.34. The van der Waals surface area contributed by atoms with Crippen molar-refractivity contribution in [3.05, 3.63) is 102 Å². The van der Waals surface area contributed by atoms with Crippen LogP contribution in [-0.2, 0) is 16.0 Å². The van der Waals surface area contributed by atoms with Gasteiger partial charge in [0.05, 0.1) is 5.92 Å². The summed E-state index contributed by atoms with van der Waals surface area (Å²) >= 11 is 0. The summed E-state index contributed by atoms with van der Waals surface area (Å²) in [6, 6.07) is 25.4. The van der Waals surface area contributed by atoms with Crippen LogP contribution in [0.2, 0.25) is 0 Å². The molecule has 0 saturated heterocycles. The predicted octanol–water partition coefficient (Wildman–Crippen LogP) is 4.05. The zero-order valence-corrected chi connectivity index (χ0v) is 19.4. The SMILES string of the molecule is CC(=O)NC(Cc1ccccc1)C(=O)NCCC(C(=O)c1nc2ccccc2o1)c1ccccc1. The van der Waals surface area contributed by atoms with Crippen LogP contribution in [0, 0.1) is 0 Å². The Hall–Kier alpha value is -4.26. The molecule has 7 nitrogen and oxygen atoms in total. The molecule has 0 aliphatic rings. The van der Waals surface area contributed by atoms with Crippen molar-refractivity contribution in [3.63, 3.8) is 0 Å². The standard InChI is InChI=1S/C28H27N3O4/c1-19(32)30-24(18-20-10-4-2-5-11-20)27(34)29-17-16-22(21-12-6-3-7-13-21)26(33)28-31-23-14-8-9-15-25(23)35-28/h2-15,22,24H,16-18H2,1H3,(H,29,34)(H,30,32). The Balaban J connectivity index is 1.46. The van der Waals surface area contributed by atoms with Gasteiger partial charge in [0.25, 0.3) is 5.89 Å². The van der Waals surface area contributed by atoms with Crippen LogP contribution in [0.4, 0.5) is 0 Å². The largest absolute Gasteiger partial charge is 0.434 e. The van der Waals surface area contributed by atoms with Gasteiger partial charge < -0.3 is 15.1 Å². The highest BCUT2D eigenvalue weighted by Crippen LogP contribution is 2.26. The maximum Gasteiger partial charge on any atom is 0.264 e. The number of aromatic nitrogens is 1. The average Bonchev–Trinajstić information content (AvgIpc) is 3.31. The van der Waals surface area contributed by atoms with Crippen LogP contribution in [0.5, 0.6) is 0 Å². The van der Waals surface area contributed by atoms with Crippen LogP contribution in [0.25, 0.3) is 11.1 Å². The van der Waals surface area contributed by atoms with E-state index < -0.39 is 12.0 Å². The molecular weight excluding hydrogens is 442 g/mol. The molecule has 2 unspecified atom stereocenters. The molecule has 2 N–H and O–H groups in total. The van der Waals surface area contributed by atoms with Gasteiger partial charge in [-0.15, -0.1) is 0 Å². The number of rotatable bonds is 10. The zero-order valence-electron chi connectivity index (χ0n) is 19.4. The molecule has 0 bridgehead atoms. The van der Waals surface area contributed by atoms with Gasteiger partial charge in [-0.05, 0) is 29.7 Å². The number of ketones is 1. The third-order valence-corrected chi connectivity index (χ3v) is 5.73. The van der Waals surface area contributed by atoms with Crippen molar-refractivity contribution in [3.8, 4) is 0 Å². The van der Waals surface area contributed by atoms with Crippen molar-refractivity contribution in [2.24, 2.45) is 0 Å². The second-order valence-corrected chi connectivity index (χ2v) is 8.34. The summed E-state index contributed by atoms with van der Waals surface area (Å²) in [4.78, 5) is 42.3. The van der Waals surface area contributed by atoms with Crippen LogP contribution in [0.15, 0.2) is 89.3 Å². The van der Waals surface area contributed by atoms with E-state index in [1.807, 2.05) is 72.8 Å². The van der Waals surface area contributed by atoms with Crippen molar-refractivity contribution in [2.75, 3.05) is 6.54 Å². The number of carbonyl (C=O) groups excluding carboxylic acids is 3. The molecule has 0 fully saturated rings. The van der Waals surface area contributed by atoms with Gasteiger partial charge in [0.2, 0.25) is 17.6 Å². The number of Topliss-reactive ketones (excluding diaryl/α,β-unsaturated/α-hetero) is 1. The summed E-state index contributed by atoms with van der Waals surface area (Å²) in [5, 5.41) is 5.60. The number of nitrogens with one attached hydrogen (secondary N) is 2. The van der Waals surface area contributed by atoms with Gasteiger partial charge in [0.15, 0.2) is 5.58 Å². The van der Waals surface area contributed by atoms with Gasteiger partial charge in [-0.1, -0.05) is 72.8 Å². The Kier molecular flexibility index (Phi) is 7.67. The lowest BCUT2D eigenvalue weighted by Crippen LogP contribution is -2.47. The number of para-hydroxylation sites is 2. The van der Waals surface area contributed by atoms with Gasteiger partial charge in [-0.2, -0.15) is 0 Å². The molecular formula is C28H27N3O4. The molecule has 178 valence electrons. The minimum atomic E-state index is -0.710. The Morgan fingerprint density at radius 3 is 2.23 bits per heavy atom. The first-order chi connectivity index (χ1) is 17.0. The molecule has 4 aromatic rings. The average molecular weight is 470 g/mol. The van der Waals surface area contributed by atoms with Crippen LogP contribution in [0.1, 0.15) is 41.1 Å². The summed E-state index contributed by atoms with van der Waals surface area (Å²) in [6.07, 6.45) is 0.724. The lowest BCUT2D eigenvalue weighted by atomic mass is 9.91. The maximum absolute atomic E-state index is 13.4. The highest BCUT2D eigenvalue weighted by atomic mass is 16.4. The van der Waals surface area contributed by atoms with Gasteiger partial charge in [0, 0.05) is 19.9 Å². The number of hydrogen-bond donors (Lipinski definition) is 2. The van der Waals surface area contributed by atoms with Gasteiger partial charge in [-0.25, -0.2) is 4.98 Å². The first-order valence-electron chi connectivity index (χ1n) is 11.5. The fourth-order valence-electron chi connectivity index (χ4n) is 4.03. The Bertz CT molecular complexity index is 1270. The van der Waals surface area contributed by atoms with E-state index in [9.17, 15) is 14.4 Å². The number of benzene rings is 3. The molecule has 1 heterocycles. The maximum atomic E-state index is 13.4. The van der Waals surface area contributed by atoms with Crippen molar-refractivity contribution >= 4 is 28.7 Å². The van der Waals surface area contributed by atoms with Crippen molar-refractivity contribution in [1.82, 2.24) is 15.6 Å². The fraction of sp³-hybridized carbons (Fsp3) is 0.214. The lowest BCUT2D eigenvalue weighted by molar-refractivity contribution is -0.128. The molecule has 0 saturated carbocycles. The normalized spacial score (nSPS) is 12.6. The molecule has 35 heavy (non-hydrogen) atoms. The summed E-state index contributed by atoms with van der Waals surface area (Å²) in [7, 11) is 0. The van der Waals surface area contributed by atoms with E-state index in [1.54, 1.807) is 12.1 Å². The smallest absolute Gasteiger partial charge is 0.264 e. The van der Waals surface area contributed by atoms with E-state index in [4.69, 9.17) is 4.42 Å². The molecule has 0 aliphatic heterocycles. The summed E-state index contributed by atoms with van der Waals surface area (Å²) in [5.41, 5.74) is 2.93. The van der Waals surface area contributed by atoms with Crippen molar-refractivity contribution < 1.29 is 18.8 Å². The summed E-state index contributed by atoms with van der Waals surface area (Å²) in [6.45, 7) is 1.63. The van der Waals surface area contributed by atoms with Crippen LogP contribution in [-0.4, -0.2) is 35.2 Å². The van der Waals surface area contributed by atoms with E-state index in [-0.39, 0.29) is 30.0 Å². The van der Waals surface area contributed by atoms with Crippen LogP contribution in [0.3, 0.4) is 0 Å². The van der Waals surface area contributed by atoms with Crippen LogP contribution >= 0.6 is 0 Å². The Labute approximate surface area is 203 Å². The highest BCUT2D eigenvalue weighted by molar-refractivity contribution is 5.99. The van der Waals surface area contributed by atoms with Gasteiger partial charge in [0.1, 0.15) is 11.6 Å². The predicted molar refractivity (Wildman–Crippen MR) is 133 cm³/mol. The summed E-state index contributed by atoms with van der Waals surface area (Å²) in [5.74, 6) is -1.33. The van der Waals surface area contributed by atoms with E-state index in [1.165, 1.54) is 6.92 Å². The van der Waals surface area contributed by atoms with Gasteiger partial charge >= 0.3 is 0 Å². The number of oxazole rings is 1. The molecule has 7 heteroatoms. The molecule has 2 amide bonds. The molecule has 4 rings (SSSR count). The number of amides is 2.